The van der Waals surface area contributed by atoms with Crippen molar-refractivity contribution in [2.24, 2.45) is 0 Å². The number of aryl methyl sites for hydroxylation is 1. The van der Waals surface area contributed by atoms with Crippen LogP contribution in [0, 0.1) is 12.7 Å². The molecular formula is C16H14FN3O. The van der Waals surface area contributed by atoms with Crippen LogP contribution >= 0.6 is 0 Å². The highest BCUT2D eigenvalue weighted by Crippen LogP contribution is 2.26. The van der Waals surface area contributed by atoms with Gasteiger partial charge in [0.2, 0.25) is 0 Å². The molecule has 0 aliphatic carbocycles. The Bertz CT molecular complexity index is 765. The standard InChI is InChI=1S/C16H14FN3O/c1-11-5-7-14(8-6-11)20-16(15(10-21)18-19-20)12-3-2-4-13(17)9-12/h2-9,21H,10H2,1H3. The van der Waals surface area contributed by atoms with Gasteiger partial charge in [0.1, 0.15) is 17.2 Å². The van der Waals surface area contributed by atoms with Crippen LogP contribution in [0.15, 0.2) is 48.5 Å². The van der Waals surface area contributed by atoms with Crippen LogP contribution in [0.2, 0.25) is 0 Å². The Morgan fingerprint density at radius 1 is 1.14 bits per heavy atom. The molecule has 0 saturated heterocycles. The van der Waals surface area contributed by atoms with E-state index in [2.05, 4.69) is 10.3 Å². The number of nitrogens with zero attached hydrogens (tertiary/aromatic N) is 3. The molecule has 0 aliphatic rings. The van der Waals surface area contributed by atoms with Crippen LogP contribution in [0.3, 0.4) is 0 Å². The van der Waals surface area contributed by atoms with Crippen molar-refractivity contribution in [1.82, 2.24) is 15.0 Å². The van der Waals surface area contributed by atoms with Crippen molar-refractivity contribution in [1.29, 1.82) is 0 Å². The fourth-order valence-electron chi connectivity index (χ4n) is 2.21. The van der Waals surface area contributed by atoms with E-state index >= 15 is 0 Å². The molecule has 3 aromatic rings. The normalized spacial score (nSPS) is 10.8. The molecule has 0 fully saturated rings. The summed E-state index contributed by atoms with van der Waals surface area (Å²) in [5.41, 5.74) is 3.59. The molecule has 0 spiro atoms. The van der Waals surface area contributed by atoms with Gasteiger partial charge in [-0.1, -0.05) is 35.0 Å². The van der Waals surface area contributed by atoms with E-state index in [1.54, 1.807) is 16.8 Å². The van der Waals surface area contributed by atoms with Crippen molar-refractivity contribution in [3.8, 4) is 16.9 Å². The summed E-state index contributed by atoms with van der Waals surface area (Å²) < 4.78 is 15.1. The Kier molecular flexibility index (Phi) is 3.50. The number of halogens is 1. The molecule has 0 aliphatic heterocycles. The van der Waals surface area contributed by atoms with Crippen LogP contribution in [-0.4, -0.2) is 20.1 Å². The Balaban J connectivity index is 2.19. The van der Waals surface area contributed by atoms with Crippen LogP contribution in [0.5, 0.6) is 0 Å². The third-order valence-electron chi connectivity index (χ3n) is 3.27. The summed E-state index contributed by atoms with van der Waals surface area (Å²) in [4.78, 5) is 0. The van der Waals surface area contributed by atoms with Crippen molar-refractivity contribution < 1.29 is 9.50 Å². The molecule has 1 aromatic heterocycles. The number of aromatic nitrogens is 3. The number of hydrogen-bond donors (Lipinski definition) is 1. The molecule has 0 radical (unpaired) electrons. The topological polar surface area (TPSA) is 50.9 Å². The van der Waals surface area contributed by atoms with Gasteiger partial charge in [0.05, 0.1) is 12.3 Å². The highest BCUT2D eigenvalue weighted by molar-refractivity contribution is 5.64. The van der Waals surface area contributed by atoms with Gasteiger partial charge in [-0.3, -0.25) is 0 Å². The van der Waals surface area contributed by atoms with Crippen LogP contribution in [0.25, 0.3) is 16.9 Å². The summed E-state index contributed by atoms with van der Waals surface area (Å²) in [5.74, 6) is -0.340. The predicted octanol–water partition coefficient (Wildman–Crippen LogP) is 2.87. The first-order chi connectivity index (χ1) is 10.2. The minimum atomic E-state index is -0.340. The van der Waals surface area contributed by atoms with Gasteiger partial charge in [-0.15, -0.1) is 5.10 Å². The molecule has 0 saturated carbocycles. The Labute approximate surface area is 121 Å². The number of benzene rings is 2. The van der Waals surface area contributed by atoms with Gasteiger partial charge in [0.15, 0.2) is 0 Å². The summed E-state index contributed by atoms with van der Waals surface area (Å²) in [6.45, 7) is 1.75. The lowest BCUT2D eigenvalue weighted by Gasteiger charge is -2.08. The van der Waals surface area contributed by atoms with Crippen molar-refractivity contribution in [3.05, 3.63) is 65.6 Å². The Hall–Kier alpha value is -2.53. The van der Waals surface area contributed by atoms with Crippen LogP contribution < -0.4 is 0 Å². The Morgan fingerprint density at radius 2 is 1.90 bits per heavy atom. The molecule has 106 valence electrons. The second-order valence-electron chi connectivity index (χ2n) is 4.80. The maximum atomic E-state index is 13.5. The molecule has 0 bridgehead atoms. The van der Waals surface area contributed by atoms with E-state index in [1.165, 1.54) is 12.1 Å². The molecule has 4 nitrogen and oxygen atoms in total. The number of aliphatic hydroxyl groups excluding tert-OH is 1. The highest BCUT2D eigenvalue weighted by Gasteiger charge is 2.16. The SMILES string of the molecule is Cc1ccc(-n2nnc(CO)c2-c2cccc(F)c2)cc1. The number of hydrogen-bond acceptors (Lipinski definition) is 3. The second kappa shape index (κ2) is 5.46. The monoisotopic (exact) mass is 283 g/mol. The van der Waals surface area contributed by atoms with Crippen molar-refractivity contribution in [2.45, 2.75) is 13.5 Å². The van der Waals surface area contributed by atoms with Crippen molar-refractivity contribution >= 4 is 0 Å². The van der Waals surface area contributed by atoms with Gasteiger partial charge < -0.3 is 5.11 Å². The first-order valence-corrected chi connectivity index (χ1v) is 6.57. The van der Waals surface area contributed by atoms with E-state index in [4.69, 9.17) is 0 Å². The third-order valence-corrected chi connectivity index (χ3v) is 3.27. The predicted molar refractivity (Wildman–Crippen MR) is 77.4 cm³/mol. The molecule has 3 rings (SSSR count). The minimum absolute atomic E-state index is 0.252. The maximum Gasteiger partial charge on any atom is 0.123 e. The maximum absolute atomic E-state index is 13.5. The summed E-state index contributed by atoms with van der Waals surface area (Å²) in [6.07, 6.45) is 0. The summed E-state index contributed by atoms with van der Waals surface area (Å²) >= 11 is 0. The Morgan fingerprint density at radius 3 is 2.57 bits per heavy atom. The van der Waals surface area contributed by atoms with Crippen molar-refractivity contribution in [3.63, 3.8) is 0 Å². The van der Waals surface area contributed by atoms with E-state index in [9.17, 15) is 9.50 Å². The second-order valence-corrected chi connectivity index (χ2v) is 4.80. The van der Waals surface area contributed by atoms with Gasteiger partial charge in [0.25, 0.3) is 0 Å². The van der Waals surface area contributed by atoms with E-state index in [-0.39, 0.29) is 12.4 Å². The summed E-state index contributed by atoms with van der Waals surface area (Å²) in [7, 11) is 0. The van der Waals surface area contributed by atoms with E-state index in [1.807, 2.05) is 31.2 Å². The lowest BCUT2D eigenvalue weighted by molar-refractivity contribution is 0.277. The molecule has 1 heterocycles. The fraction of sp³-hybridized carbons (Fsp3) is 0.125. The van der Waals surface area contributed by atoms with Gasteiger partial charge in [-0.2, -0.15) is 0 Å². The first-order valence-electron chi connectivity index (χ1n) is 6.57. The number of rotatable bonds is 3. The van der Waals surface area contributed by atoms with Crippen molar-refractivity contribution in [2.75, 3.05) is 0 Å². The van der Waals surface area contributed by atoms with Gasteiger partial charge >= 0.3 is 0 Å². The average Bonchev–Trinajstić information content (AvgIpc) is 2.92. The smallest absolute Gasteiger partial charge is 0.123 e. The van der Waals surface area contributed by atoms with Gasteiger partial charge in [-0.05, 0) is 31.2 Å². The molecule has 1 N–H and O–H groups in total. The zero-order valence-electron chi connectivity index (χ0n) is 11.5. The van der Waals surface area contributed by atoms with Gasteiger partial charge in [-0.25, -0.2) is 9.07 Å². The molecule has 0 amide bonds. The minimum Gasteiger partial charge on any atom is -0.390 e. The third kappa shape index (κ3) is 2.55. The van der Waals surface area contributed by atoms with Crippen LogP contribution in [-0.2, 0) is 6.61 Å². The zero-order valence-corrected chi connectivity index (χ0v) is 11.5. The molecule has 0 atom stereocenters. The lowest BCUT2D eigenvalue weighted by Crippen LogP contribution is -2.00. The van der Waals surface area contributed by atoms with Crippen LogP contribution in [0.4, 0.5) is 4.39 Å². The molecule has 2 aromatic carbocycles. The quantitative estimate of drug-likeness (QED) is 0.804. The molecular weight excluding hydrogens is 269 g/mol. The molecule has 5 heteroatoms. The average molecular weight is 283 g/mol. The first kappa shape index (κ1) is 13.5. The van der Waals surface area contributed by atoms with Crippen LogP contribution in [0.1, 0.15) is 11.3 Å². The number of aliphatic hydroxyl groups is 1. The summed E-state index contributed by atoms with van der Waals surface area (Å²) in [5, 5.41) is 17.5. The largest absolute Gasteiger partial charge is 0.390 e. The molecule has 0 unspecified atom stereocenters. The van der Waals surface area contributed by atoms with E-state index in [0.717, 1.165) is 11.3 Å². The summed E-state index contributed by atoms with van der Waals surface area (Å²) in [6, 6.07) is 13.9. The highest BCUT2D eigenvalue weighted by atomic mass is 19.1. The molecule has 21 heavy (non-hydrogen) atoms. The fourth-order valence-corrected chi connectivity index (χ4v) is 2.21. The van der Waals surface area contributed by atoms with E-state index in [0.29, 0.717) is 17.0 Å². The zero-order chi connectivity index (χ0) is 14.8. The van der Waals surface area contributed by atoms with Gasteiger partial charge in [0, 0.05) is 5.56 Å². The van der Waals surface area contributed by atoms with E-state index < -0.39 is 0 Å². The lowest BCUT2D eigenvalue weighted by atomic mass is 10.1.